The second kappa shape index (κ2) is 8.61. The van der Waals surface area contributed by atoms with E-state index in [-0.39, 0.29) is 11.4 Å². The highest BCUT2D eigenvalue weighted by molar-refractivity contribution is 5.93. The fourth-order valence-electron chi connectivity index (χ4n) is 2.96. The fraction of sp³-hybridized carbons (Fsp3) is 0.381. The molecule has 0 heterocycles. The van der Waals surface area contributed by atoms with Gasteiger partial charge in [-0.1, -0.05) is 63.3 Å². The topological polar surface area (TPSA) is 91.7 Å². The minimum Gasteiger partial charge on any atom is -0.480 e. The standard InChI is InChI=1S/C18H20O4.C3H6O/c1-11(2)13-6-8-14(9-7-13)18(17(21)22)10-4-5-15(12(18)3)16(19)20;1-3(2)4/h4-12H,1-3H3,(H,19,20)(H,21,22);1-2H3. The van der Waals surface area contributed by atoms with Crippen LogP contribution in [0.3, 0.4) is 0 Å². The molecule has 140 valence electrons. The molecule has 0 saturated heterocycles. The molecule has 0 bridgehead atoms. The van der Waals surface area contributed by atoms with Gasteiger partial charge < -0.3 is 15.0 Å². The van der Waals surface area contributed by atoms with Crippen molar-refractivity contribution in [3.63, 3.8) is 0 Å². The number of Topliss-reactive ketones (excluding diaryl/α,β-unsaturated/α-hetero) is 1. The number of rotatable bonds is 4. The lowest BCUT2D eigenvalue weighted by Gasteiger charge is -2.35. The number of hydrogen-bond donors (Lipinski definition) is 2. The molecule has 0 fully saturated rings. The molecule has 2 unspecified atom stereocenters. The molecule has 0 spiro atoms. The molecule has 2 rings (SSSR count). The van der Waals surface area contributed by atoms with E-state index in [1.54, 1.807) is 25.1 Å². The molecule has 26 heavy (non-hydrogen) atoms. The summed E-state index contributed by atoms with van der Waals surface area (Å²) >= 11 is 0. The summed E-state index contributed by atoms with van der Waals surface area (Å²) in [5.74, 6) is -2.26. The van der Waals surface area contributed by atoms with Crippen LogP contribution in [0.15, 0.2) is 48.1 Å². The molecule has 5 heteroatoms. The zero-order chi connectivity index (χ0) is 20.1. The smallest absolute Gasteiger partial charge is 0.331 e. The van der Waals surface area contributed by atoms with Gasteiger partial charge in [0.25, 0.3) is 0 Å². The van der Waals surface area contributed by atoms with E-state index < -0.39 is 23.3 Å². The van der Waals surface area contributed by atoms with Crippen LogP contribution < -0.4 is 0 Å². The van der Waals surface area contributed by atoms with Gasteiger partial charge in [0, 0.05) is 11.5 Å². The largest absolute Gasteiger partial charge is 0.480 e. The van der Waals surface area contributed by atoms with Gasteiger partial charge in [-0.25, -0.2) is 4.79 Å². The summed E-state index contributed by atoms with van der Waals surface area (Å²) in [4.78, 5) is 32.8. The van der Waals surface area contributed by atoms with E-state index in [4.69, 9.17) is 0 Å². The summed E-state index contributed by atoms with van der Waals surface area (Å²) in [6.07, 6.45) is 4.57. The number of carboxylic acids is 2. The van der Waals surface area contributed by atoms with Gasteiger partial charge in [0.05, 0.1) is 0 Å². The summed E-state index contributed by atoms with van der Waals surface area (Å²) in [5, 5.41) is 19.1. The Bertz CT molecular complexity index is 736. The van der Waals surface area contributed by atoms with Crippen LogP contribution in [0.2, 0.25) is 0 Å². The zero-order valence-electron chi connectivity index (χ0n) is 15.8. The second-order valence-corrected chi connectivity index (χ2v) is 6.87. The molecule has 2 N–H and O–H groups in total. The van der Waals surface area contributed by atoms with E-state index in [9.17, 15) is 24.6 Å². The van der Waals surface area contributed by atoms with Crippen LogP contribution in [0.25, 0.3) is 0 Å². The van der Waals surface area contributed by atoms with Crippen LogP contribution in [0.1, 0.15) is 51.7 Å². The van der Waals surface area contributed by atoms with E-state index in [1.807, 2.05) is 12.1 Å². The first-order chi connectivity index (χ1) is 12.0. The van der Waals surface area contributed by atoms with Gasteiger partial charge in [0.2, 0.25) is 0 Å². The Hall–Kier alpha value is -2.69. The van der Waals surface area contributed by atoms with Crippen molar-refractivity contribution in [1.82, 2.24) is 0 Å². The molecule has 2 atom stereocenters. The van der Waals surface area contributed by atoms with E-state index in [2.05, 4.69) is 13.8 Å². The van der Waals surface area contributed by atoms with Crippen molar-refractivity contribution in [2.45, 2.75) is 46.0 Å². The van der Waals surface area contributed by atoms with Crippen LogP contribution in [0.4, 0.5) is 0 Å². The fourth-order valence-corrected chi connectivity index (χ4v) is 2.96. The lowest BCUT2D eigenvalue weighted by molar-refractivity contribution is -0.143. The number of carbonyl (C=O) groups is 3. The van der Waals surface area contributed by atoms with Crippen LogP contribution >= 0.6 is 0 Å². The predicted octanol–water partition coefficient (Wildman–Crippen LogP) is 3.94. The first kappa shape index (κ1) is 21.4. The third kappa shape index (κ3) is 4.48. The SMILES string of the molecule is CC(C)=O.CC(C)c1ccc(C2(C(=O)O)C=CC=C(C(=O)O)C2C)cc1. The summed E-state index contributed by atoms with van der Waals surface area (Å²) in [6, 6.07) is 7.39. The Morgan fingerprint density at radius 2 is 1.54 bits per heavy atom. The molecule has 1 aromatic carbocycles. The van der Waals surface area contributed by atoms with Crippen LogP contribution in [0.5, 0.6) is 0 Å². The van der Waals surface area contributed by atoms with Crippen molar-refractivity contribution in [2.24, 2.45) is 5.92 Å². The number of ketones is 1. The van der Waals surface area contributed by atoms with Gasteiger partial charge in [-0.2, -0.15) is 0 Å². The van der Waals surface area contributed by atoms with Gasteiger partial charge in [-0.15, -0.1) is 0 Å². The average Bonchev–Trinajstić information content (AvgIpc) is 2.54. The lowest BCUT2D eigenvalue weighted by Crippen LogP contribution is -2.43. The number of carbonyl (C=O) groups excluding carboxylic acids is 1. The Morgan fingerprint density at radius 3 is 1.92 bits per heavy atom. The number of hydrogen-bond acceptors (Lipinski definition) is 3. The number of carboxylic acid groups (broad SMARTS) is 2. The van der Waals surface area contributed by atoms with Crippen molar-refractivity contribution in [2.75, 3.05) is 0 Å². The van der Waals surface area contributed by atoms with Gasteiger partial charge in [0.15, 0.2) is 0 Å². The molecule has 0 radical (unpaired) electrons. The minimum atomic E-state index is -1.35. The van der Waals surface area contributed by atoms with E-state index in [0.29, 0.717) is 11.5 Å². The quantitative estimate of drug-likeness (QED) is 0.850. The Labute approximate surface area is 154 Å². The van der Waals surface area contributed by atoms with Crippen LogP contribution in [-0.4, -0.2) is 27.9 Å². The highest BCUT2D eigenvalue weighted by Gasteiger charge is 2.47. The van der Waals surface area contributed by atoms with Crippen molar-refractivity contribution in [3.8, 4) is 0 Å². The summed E-state index contributed by atoms with van der Waals surface area (Å²) in [6.45, 7) is 8.83. The Morgan fingerprint density at radius 1 is 1.04 bits per heavy atom. The second-order valence-electron chi connectivity index (χ2n) is 6.87. The van der Waals surface area contributed by atoms with Crippen molar-refractivity contribution < 1.29 is 24.6 Å². The number of benzene rings is 1. The Kier molecular flexibility index (Phi) is 7.07. The first-order valence-corrected chi connectivity index (χ1v) is 8.47. The maximum atomic E-state index is 12.0. The third-order valence-corrected chi connectivity index (χ3v) is 4.44. The van der Waals surface area contributed by atoms with Crippen LogP contribution in [0, 0.1) is 5.92 Å². The van der Waals surface area contributed by atoms with E-state index in [0.717, 1.165) is 5.56 Å². The van der Waals surface area contributed by atoms with Gasteiger partial charge in [-0.3, -0.25) is 4.79 Å². The molecule has 0 aliphatic heterocycles. The third-order valence-electron chi connectivity index (χ3n) is 4.44. The predicted molar refractivity (Wildman–Crippen MR) is 100 cm³/mol. The summed E-state index contributed by atoms with van der Waals surface area (Å²) in [5.41, 5.74) is 0.474. The minimum absolute atomic E-state index is 0.109. The maximum absolute atomic E-state index is 12.0. The van der Waals surface area contributed by atoms with E-state index in [1.165, 1.54) is 26.0 Å². The molecule has 0 amide bonds. The highest BCUT2D eigenvalue weighted by atomic mass is 16.4. The molecular weight excluding hydrogens is 332 g/mol. The van der Waals surface area contributed by atoms with E-state index >= 15 is 0 Å². The van der Waals surface area contributed by atoms with Gasteiger partial charge in [0.1, 0.15) is 11.2 Å². The molecule has 1 aliphatic rings. The maximum Gasteiger partial charge on any atom is 0.331 e. The number of allylic oxidation sites excluding steroid dienone is 2. The molecular formula is C21H26O5. The van der Waals surface area contributed by atoms with Crippen LogP contribution in [-0.2, 0) is 19.8 Å². The Balaban J connectivity index is 0.000000765. The van der Waals surface area contributed by atoms with Crippen molar-refractivity contribution >= 4 is 17.7 Å². The lowest BCUT2D eigenvalue weighted by atomic mass is 9.65. The zero-order valence-corrected chi connectivity index (χ0v) is 15.8. The normalized spacial score (nSPS) is 21.5. The molecule has 1 aromatic rings. The molecule has 1 aliphatic carbocycles. The van der Waals surface area contributed by atoms with Crippen molar-refractivity contribution in [1.29, 1.82) is 0 Å². The summed E-state index contributed by atoms with van der Waals surface area (Å²) in [7, 11) is 0. The van der Waals surface area contributed by atoms with Gasteiger partial charge >= 0.3 is 11.9 Å². The first-order valence-electron chi connectivity index (χ1n) is 8.47. The summed E-state index contributed by atoms with van der Waals surface area (Å²) < 4.78 is 0. The monoisotopic (exact) mass is 358 g/mol. The highest BCUT2D eigenvalue weighted by Crippen LogP contribution is 2.41. The molecule has 0 aromatic heterocycles. The number of aliphatic carboxylic acids is 2. The van der Waals surface area contributed by atoms with Crippen molar-refractivity contribution in [3.05, 3.63) is 59.2 Å². The molecule has 5 nitrogen and oxygen atoms in total. The van der Waals surface area contributed by atoms with Gasteiger partial charge in [-0.05, 0) is 30.9 Å². The molecule has 0 saturated carbocycles. The average molecular weight is 358 g/mol.